The van der Waals surface area contributed by atoms with Gasteiger partial charge in [0.1, 0.15) is 6.04 Å². The molecule has 0 radical (unpaired) electrons. The smallest absolute Gasteiger partial charge is 0.360 e. The molecule has 0 aliphatic carbocycles. The Morgan fingerprint density at radius 2 is 2.30 bits per heavy atom. The normalized spacial score (nSPS) is 20.6. The number of nitrogens with zero attached hydrogens (tertiary/aromatic N) is 1. The molecule has 20 heavy (non-hydrogen) atoms. The van der Waals surface area contributed by atoms with Gasteiger partial charge in [-0.15, -0.1) is 0 Å². The topological polar surface area (TPSA) is 130 Å². The van der Waals surface area contributed by atoms with Crippen molar-refractivity contribution in [2.75, 3.05) is 6.54 Å². The van der Waals surface area contributed by atoms with Crippen LogP contribution in [0.15, 0.2) is 15.5 Å². The maximum atomic E-state index is 12.2. The van der Waals surface area contributed by atoms with Crippen LogP contribution >= 0.6 is 0 Å². The van der Waals surface area contributed by atoms with E-state index in [1.54, 1.807) is 0 Å². The Bertz CT molecular complexity index is 549. The lowest BCUT2D eigenvalue weighted by atomic mass is 10.00. The first-order valence-electron chi connectivity index (χ1n) is 6.45. The number of aromatic nitrogens is 1. The second-order valence-corrected chi connectivity index (χ2v) is 4.87. The van der Waals surface area contributed by atoms with Crippen LogP contribution in [0.1, 0.15) is 24.8 Å². The number of hydrogen-bond donors (Lipinski definition) is 3. The van der Waals surface area contributed by atoms with Crippen molar-refractivity contribution in [1.29, 1.82) is 0 Å². The van der Waals surface area contributed by atoms with Crippen LogP contribution < -0.4 is 11.4 Å². The van der Waals surface area contributed by atoms with E-state index in [4.69, 9.17) is 10.8 Å². The van der Waals surface area contributed by atoms with Crippen LogP contribution in [-0.2, 0) is 16.0 Å². The van der Waals surface area contributed by atoms with Crippen molar-refractivity contribution < 1.29 is 19.2 Å². The number of rotatable bonds is 4. The van der Waals surface area contributed by atoms with Gasteiger partial charge in [-0.25, -0.2) is 14.7 Å². The van der Waals surface area contributed by atoms with Crippen LogP contribution in [0.4, 0.5) is 0 Å². The number of carboxylic acid groups (broad SMARTS) is 1. The molecule has 4 N–H and O–H groups in total. The molecule has 1 aromatic heterocycles. The first kappa shape index (κ1) is 14.3. The van der Waals surface area contributed by atoms with Crippen LogP contribution in [0.3, 0.4) is 0 Å². The monoisotopic (exact) mass is 283 g/mol. The second-order valence-electron chi connectivity index (χ2n) is 4.87. The maximum Gasteiger partial charge on any atom is 0.360 e. The molecular weight excluding hydrogens is 266 g/mol. The maximum absolute atomic E-state index is 12.2. The Labute approximate surface area is 114 Å². The predicted molar refractivity (Wildman–Crippen MR) is 68.0 cm³/mol. The van der Waals surface area contributed by atoms with E-state index in [0.717, 1.165) is 12.8 Å². The van der Waals surface area contributed by atoms with Gasteiger partial charge in [0.2, 0.25) is 5.91 Å². The number of nitrogens with two attached hydrogens (primary N) is 1. The summed E-state index contributed by atoms with van der Waals surface area (Å²) in [6, 6.07) is -1.78. The average Bonchev–Trinajstić information content (AvgIpc) is 2.83. The number of carbonyl (C=O) groups is 2. The summed E-state index contributed by atoms with van der Waals surface area (Å²) in [5.74, 6) is -1.47. The minimum absolute atomic E-state index is 0.0213. The van der Waals surface area contributed by atoms with Gasteiger partial charge < -0.3 is 20.3 Å². The Morgan fingerprint density at radius 3 is 2.90 bits per heavy atom. The summed E-state index contributed by atoms with van der Waals surface area (Å²) in [5.41, 5.74) is 5.50. The molecule has 0 aromatic carbocycles. The molecule has 8 heteroatoms. The van der Waals surface area contributed by atoms with Crippen LogP contribution in [0.25, 0.3) is 0 Å². The van der Waals surface area contributed by atoms with Crippen LogP contribution in [0.2, 0.25) is 0 Å². The van der Waals surface area contributed by atoms with Crippen LogP contribution in [-0.4, -0.2) is 45.7 Å². The van der Waals surface area contributed by atoms with Crippen LogP contribution in [0, 0.1) is 0 Å². The van der Waals surface area contributed by atoms with E-state index in [0.29, 0.717) is 13.0 Å². The molecule has 1 aromatic rings. The number of amides is 1. The Morgan fingerprint density at radius 1 is 1.55 bits per heavy atom. The number of aliphatic carboxylic acids is 1. The largest absolute Gasteiger partial charge is 0.480 e. The number of carboxylic acids is 1. The molecular formula is C12H17N3O5. The first-order chi connectivity index (χ1) is 9.50. The number of aromatic amines is 1. The number of likely N-dealkylation sites (tertiary alicyclic amines) is 1. The highest BCUT2D eigenvalue weighted by atomic mass is 16.5. The SMILES string of the molecule is N[C@@H](Cc1c[nH]oc1=O)C(=O)N1CCCC[C@H]1C(=O)O. The number of carbonyl (C=O) groups excluding carboxylic acids is 1. The highest BCUT2D eigenvalue weighted by Crippen LogP contribution is 2.18. The second kappa shape index (κ2) is 5.91. The van der Waals surface area contributed by atoms with E-state index in [-0.39, 0.29) is 12.0 Å². The van der Waals surface area contributed by atoms with E-state index in [1.807, 2.05) is 0 Å². The van der Waals surface area contributed by atoms with Crippen molar-refractivity contribution in [2.24, 2.45) is 5.73 Å². The van der Waals surface area contributed by atoms with Crippen molar-refractivity contribution in [3.05, 3.63) is 22.2 Å². The summed E-state index contributed by atoms with van der Waals surface area (Å²) in [7, 11) is 0. The zero-order valence-corrected chi connectivity index (χ0v) is 10.9. The van der Waals surface area contributed by atoms with Gasteiger partial charge in [-0.05, 0) is 19.3 Å². The molecule has 1 fully saturated rings. The summed E-state index contributed by atoms with van der Waals surface area (Å²) in [6.45, 7) is 0.380. The lowest BCUT2D eigenvalue weighted by Gasteiger charge is -2.34. The van der Waals surface area contributed by atoms with Crippen LogP contribution in [0.5, 0.6) is 0 Å². The Balaban J connectivity index is 2.07. The fraction of sp³-hybridized carbons (Fsp3) is 0.583. The summed E-state index contributed by atoms with van der Waals surface area (Å²) < 4.78 is 4.49. The van der Waals surface area contributed by atoms with E-state index in [1.165, 1.54) is 11.1 Å². The summed E-state index contributed by atoms with van der Waals surface area (Å²) in [5, 5.41) is 11.4. The van der Waals surface area contributed by atoms with Crippen molar-refractivity contribution in [3.63, 3.8) is 0 Å². The quantitative estimate of drug-likeness (QED) is 0.670. The van der Waals surface area contributed by atoms with Gasteiger partial charge in [-0.2, -0.15) is 0 Å². The van der Waals surface area contributed by atoms with Gasteiger partial charge in [0.05, 0.1) is 11.6 Å². The van der Waals surface area contributed by atoms with Gasteiger partial charge in [0, 0.05) is 19.2 Å². The van der Waals surface area contributed by atoms with Gasteiger partial charge in [-0.3, -0.25) is 4.79 Å². The van der Waals surface area contributed by atoms with Gasteiger partial charge >= 0.3 is 11.6 Å². The molecule has 1 saturated heterocycles. The molecule has 8 nitrogen and oxygen atoms in total. The molecule has 0 bridgehead atoms. The van der Waals surface area contributed by atoms with Crippen molar-refractivity contribution >= 4 is 11.9 Å². The molecule has 0 saturated carbocycles. The zero-order valence-electron chi connectivity index (χ0n) is 10.9. The van der Waals surface area contributed by atoms with E-state index in [2.05, 4.69) is 9.68 Å². The molecule has 1 aliphatic rings. The van der Waals surface area contributed by atoms with Gasteiger partial charge in [0.25, 0.3) is 0 Å². The van der Waals surface area contributed by atoms with Crippen molar-refractivity contribution in [3.8, 4) is 0 Å². The summed E-state index contributed by atoms with van der Waals surface area (Å²) in [4.78, 5) is 36.0. The third-order valence-electron chi connectivity index (χ3n) is 3.47. The lowest BCUT2D eigenvalue weighted by Crippen LogP contribution is -2.54. The fourth-order valence-corrected chi connectivity index (χ4v) is 2.41. The van der Waals surface area contributed by atoms with E-state index < -0.39 is 29.6 Å². The molecule has 1 aliphatic heterocycles. The van der Waals surface area contributed by atoms with Crippen molar-refractivity contribution in [1.82, 2.24) is 10.1 Å². The third-order valence-corrected chi connectivity index (χ3v) is 3.47. The van der Waals surface area contributed by atoms with E-state index >= 15 is 0 Å². The van der Waals surface area contributed by atoms with Gasteiger partial charge in [-0.1, -0.05) is 0 Å². The molecule has 2 rings (SSSR count). The molecule has 0 spiro atoms. The number of nitrogens with one attached hydrogen (secondary N) is 1. The number of hydrogen-bond acceptors (Lipinski definition) is 5. The minimum atomic E-state index is -1.02. The molecule has 1 amide bonds. The highest BCUT2D eigenvalue weighted by molar-refractivity contribution is 5.87. The average molecular weight is 283 g/mol. The Hall–Kier alpha value is -2.09. The molecule has 2 heterocycles. The third kappa shape index (κ3) is 2.90. The predicted octanol–water partition coefficient (Wildman–Crippen LogP) is -0.697. The summed E-state index contributed by atoms with van der Waals surface area (Å²) >= 11 is 0. The molecule has 2 atom stereocenters. The highest BCUT2D eigenvalue weighted by Gasteiger charge is 2.34. The molecule has 110 valence electrons. The standard InChI is InChI=1S/C12H17N3O5/c13-8(5-7-6-14-20-12(7)19)10(16)15-4-2-1-3-9(15)11(17)18/h6,8-9,14H,1-5,13H2,(H,17,18)/t8-,9-/m0/s1. The summed E-state index contributed by atoms with van der Waals surface area (Å²) in [6.07, 6.45) is 3.33. The fourth-order valence-electron chi connectivity index (χ4n) is 2.41. The number of piperidine rings is 1. The van der Waals surface area contributed by atoms with E-state index in [9.17, 15) is 14.4 Å². The zero-order chi connectivity index (χ0) is 14.7. The van der Waals surface area contributed by atoms with Gasteiger partial charge in [0.15, 0.2) is 0 Å². The molecule has 0 unspecified atom stereocenters. The Kier molecular flexibility index (Phi) is 4.23. The first-order valence-corrected chi connectivity index (χ1v) is 6.45. The lowest BCUT2D eigenvalue weighted by molar-refractivity contribution is -0.152. The minimum Gasteiger partial charge on any atom is -0.480 e. The van der Waals surface area contributed by atoms with Crippen molar-refractivity contribution in [2.45, 2.75) is 37.8 Å². The number of H-pyrrole nitrogens is 1.